The lowest BCUT2D eigenvalue weighted by atomic mass is 9.90. The van der Waals surface area contributed by atoms with E-state index in [4.69, 9.17) is 0 Å². The zero-order valence-corrected chi connectivity index (χ0v) is 19.8. The van der Waals surface area contributed by atoms with Gasteiger partial charge >= 0.3 is 0 Å². The molecule has 1 aromatic heterocycles. The van der Waals surface area contributed by atoms with Gasteiger partial charge in [-0.2, -0.15) is 0 Å². The maximum atomic E-state index is 14.2. The van der Waals surface area contributed by atoms with Crippen molar-refractivity contribution in [2.75, 3.05) is 13.1 Å². The van der Waals surface area contributed by atoms with Crippen LogP contribution in [-0.2, 0) is 11.3 Å². The molecule has 7 heteroatoms. The van der Waals surface area contributed by atoms with E-state index in [0.29, 0.717) is 53.9 Å². The van der Waals surface area contributed by atoms with Crippen molar-refractivity contribution in [1.29, 1.82) is 0 Å². The Balaban J connectivity index is 1.38. The fourth-order valence-electron chi connectivity index (χ4n) is 4.99. The summed E-state index contributed by atoms with van der Waals surface area (Å²) in [5.74, 6) is 0.473. The number of hydrogen-bond acceptors (Lipinski definition) is 3. The molecular weight excluding hydrogens is 475 g/mol. The number of benzene rings is 1. The van der Waals surface area contributed by atoms with Crippen molar-refractivity contribution < 1.29 is 14.3 Å². The molecule has 0 atom stereocenters. The summed E-state index contributed by atoms with van der Waals surface area (Å²) in [6.45, 7) is 1.15. The van der Waals surface area contributed by atoms with Gasteiger partial charge < -0.3 is 14.6 Å². The first kappa shape index (κ1) is 23.2. The second kappa shape index (κ2) is 9.87. The van der Waals surface area contributed by atoms with Gasteiger partial charge in [-0.05, 0) is 47.2 Å². The molecule has 172 valence electrons. The summed E-state index contributed by atoms with van der Waals surface area (Å²) < 4.78 is 16.2. The Bertz CT molecular complexity index is 1020. The molecule has 32 heavy (non-hydrogen) atoms. The van der Waals surface area contributed by atoms with E-state index in [9.17, 15) is 19.1 Å². The van der Waals surface area contributed by atoms with Crippen LogP contribution in [0, 0.1) is 11.7 Å². The molecule has 2 heterocycles. The first-order chi connectivity index (χ1) is 15.3. The zero-order chi connectivity index (χ0) is 22.7. The average molecular weight is 505 g/mol. The number of aliphatic hydroxyl groups is 1. The number of halogens is 2. The first-order valence-electron chi connectivity index (χ1n) is 11.5. The van der Waals surface area contributed by atoms with Gasteiger partial charge in [0, 0.05) is 47.4 Å². The maximum absolute atomic E-state index is 14.2. The minimum absolute atomic E-state index is 0.145. The Morgan fingerprint density at radius 2 is 1.84 bits per heavy atom. The molecule has 5 nitrogen and oxygen atoms in total. The molecule has 0 spiro atoms. The standard InChI is InChI=1S/C25H30BrFN2O3/c26-21-16-29(24(31)15-20(21)19-7-3-4-8-22(19)27)17-25(32)11-13-28(14-12-25)23(30)10-9-18-5-1-2-6-18/h3-4,7-8,15-16,18,32H,1-2,5-6,9-14,17H2. The van der Waals surface area contributed by atoms with Crippen molar-refractivity contribution >= 4 is 21.8 Å². The van der Waals surface area contributed by atoms with Crippen molar-refractivity contribution in [2.45, 2.75) is 63.5 Å². The zero-order valence-electron chi connectivity index (χ0n) is 18.2. The molecule has 1 amide bonds. The van der Waals surface area contributed by atoms with Crippen LogP contribution in [-0.4, -0.2) is 39.2 Å². The molecule has 4 rings (SSSR count). The van der Waals surface area contributed by atoms with Crippen LogP contribution in [0.3, 0.4) is 0 Å². The molecular formula is C25H30BrFN2O3. The fraction of sp³-hybridized carbons (Fsp3) is 0.520. The van der Waals surface area contributed by atoms with Crippen LogP contribution in [0.15, 0.2) is 45.8 Å². The number of carbonyl (C=O) groups excluding carboxylic acids is 1. The molecule has 0 unspecified atom stereocenters. The van der Waals surface area contributed by atoms with E-state index in [1.807, 2.05) is 4.90 Å². The number of pyridine rings is 1. The number of nitrogens with zero attached hydrogens (tertiary/aromatic N) is 2. The molecule has 2 fully saturated rings. The number of aromatic nitrogens is 1. The monoisotopic (exact) mass is 504 g/mol. The molecule has 2 aliphatic rings. The van der Waals surface area contributed by atoms with Crippen molar-refractivity contribution in [3.63, 3.8) is 0 Å². The molecule has 2 aromatic rings. The minimum atomic E-state index is -1.05. The smallest absolute Gasteiger partial charge is 0.251 e. The van der Waals surface area contributed by atoms with Gasteiger partial charge in [-0.3, -0.25) is 9.59 Å². The van der Waals surface area contributed by atoms with Gasteiger partial charge in [0.05, 0.1) is 12.1 Å². The Morgan fingerprint density at radius 1 is 1.16 bits per heavy atom. The summed E-state index contributed by atoms with van der Waals surface area (Å²) in [6.07, 6.45) is 9.09. The van der Waals surface area contributed by atoms with Crippen LogP contribution in [0.25, 0.3) is 11.1 Å². The highest BCUT2D eigenvalue weighted by atomic mass is 79.9. The molecule has 0 bridgehead atoms. The van der Waals surface area contributed by atoms with Gasteiger partial charge in [0.15, 0.2) is 0 Å². The van der Waals surface area contributed by atoms with Crippen molar-refractivity contribution in [1.82, 2.24) is 9.47 Å². The van der Waals surface area contributed by atoms with Gasteiger partial charge in [0.2, 0.25) is 5.91 Å². The average Bonchev–Trinajstić information content (AvgIpc) is 3.29. The first-order valence-corrected chi connectivity index (χ1v) is 12.3. The highest BCUT2D eigenvalue weighted by Gasteiger charge is 2.34. The van der Waals surface area contributed by atoms with Gasteiger partial charge in [-0.1, -0.05) is 43.9 Å². The summed E-state index contributed by atoms with van der Waals surface area (Å²) in [5.41, 5.74) is -0.508. The normalized spacial score (nSPS) is 18.8. The summed E-state index contributed by atoms with van der Waals surface area (Å²) in [5, 5.41) is 11.1. The van der Waals surface area contributed by atoms with Crippen LogP contribution in [0.4, 0.5) is 4.39 Å². The summed E-state index contributed by atoms with van der Waals surface area (Å²) >= 11 is 3.45. The number of carbonyl (C=O) groups is 1. The number of likely N-dealkylation sites (tertiary alicyclic amines) is 1. The van der Waals surface area contributed by atoms with Crippen LogP contribution >= 0.6 is 15.9 Å². The highest BCUT2D eigenvalue weighted by molar-refractivity contribution is 9.10. The van der Waals surface area contributed by atoms with Gasteiger partial charge in [-0.25, -0.2) is 4.39 Å². The van der Waals surface area contributed by atoms with E-state index >= 15 is 0 Å². The second-order valence-corrected chi connectivity index (χ2v) is 10.1. The number of rotatable bonds is 6. The highest BCUT2D eigenvalue weighted by Crippen LogP contribution is 2.31. The third kappa shape index (κ3) is 5.31. The predicted octanol–water partition coefficient (Wildman–Crippen LogP) is 4.74. The minimum Gasteiger partial charge on any atom is -0.388 e. The van der Waals surface area contributed by atoms with Crippen LogP contribution in [0.1, 0.15) is 51.4 Å². The summed E-state index contributed by atoms with van der Waals surface area (Å²) in [6, 6.07) is 7.72. The third-order valence-corrected chi connectivity index (χ3v) is 7.63. The van der Waals surface area contributed by atoms with E-state index in [1.165, 1.54) is 42.4 Å². The third-order valence-electron chi connectivity index (χ3n) is 6.99. The van der Waals surface area contributed by atoms with E-state index in [2.05, 4.69) is 15.9 Å². The molecule has 0 radical (unpaired) electrons. The molecule has 1 aromatic carbocycles. The van der Waals surface area contributed by atoms with Crippen LogP contribution < -0.4 is 5.56 Å². The van der Waals surface area contributed by atoms with Crippen molar-refractivity contribution in [3.8, 4) is 11.1 Å². The maximum Gasteiger partial charge on any atom is 0.251 e. The molecule has 1 saturated carbocycles. The SMILES string of the molecule is O=C(CCC1CCCC1)N1CCC(O)(Cn2cc(Br)c(-c3ccccc3F)cc2=O)CC1. The van der Waals surface area contributed by atoms with Crippen LogP contribution in [0.5, 0.6) is 0 Å². The second-order valence-electron chi connectivity index (χ2n) is 9.28. The predicted molar refractivity (Wildman–Crippen MR) is 126 cm³/mol. The van der Waals surface area contributed by atoms with E-state index in [-0.39, 0.29) is 18.0 Å². The van der Waals surface area contributed by atoms with Gasteiger partial charge in [0.1, 0.15) is 5.82 Å². The van der Waals surface area contributed by atoms with Gasteiger partial charge in [-0.15, -0.1) is 0 Å². The van der Waals surface area contributed by atoms with E-state index < -0.39 is 11.4 Å². The lowest BCUT2D eigenvalue weighted by molar-refractivity contribution is -0.136. The summed E-state index contributed by atoms with van der Waals surface area (Å²) in [4.78, 5) is 27.1. The molecule has 1 saturated heterocycles. The molecule has 1 aliphatic heterocycles. The van der Waals surface area contributed by atoms with Crippen LogP contribution in [0.2, 0.25) is 0 Å². The number of amides is 1. The number of piperidine rings is 1. The molecule has 1 N–H and O–H groups in total. The molecule has 1 aliphatic carbocycles. The Hall–Kier alpha value is -1.99. The van der Waals surface area contributed by atoms with Gasteiger partial charge in [0.25, 0.3) is 5.56 Å². The van der Waals surface area contributed by atoms with E-state index in [0.717, 1.165) is 6.42 Å². The lowest BCUT2D eigenvalue weighted by Gasteiger charge is -2.38. The largest absolute Gasteiger partial charge is 0.388 e. The quantitative estimate of drug-likeness (QED) is 0.617. The van der Waals surface area contributed by atoms with Crippen molar-refractivity contribution in [2.24, 2.45) is 5.92 Å². The topological polar surface area (TPSA) is 62.5 Å². The Kier molecular flexibility index (Phi) is 7.15. The summed E-state index contributed by atoms with van der Waals surface area (Å²) in [7, 11) is 0. The van der Waals surface area contributed by atoms with Crippen molar-refractivity contribution in [3.05, 3.63) is 57.2 Å². The Morgan fingerprint density at radius 3 is 2.53 bits per heavy atom. The number of hydrogen-bond donors (Lipinski definition) is 1. The lowest BCUT2D eigenvalue weighted by Crippen LogP contribution is -2.49. The fourth-order valence-corrected chi connectivity index (χ4v) is 5.56. The Labute approximate surface area is 196 Å². The van der Waals surface area contributed by atoms with E-state index in [1.54, 1.807) is 24.4 Å².